The SMILES string of the molecule is Cc1nc(-n2nccc2C2CCN(C(=O)C(F)(F)F)CC2)cs1. The molecule has 1 saturated heterocycles. The van der Waals surface area contributed by atoms with Crippen molar-refractivity contribution >= 4 is 17.2 Å². The monoisotopic (exact) mass is 344 g/mol. The molecule has 0 aromatic carbocycles. The highest BCUT2D eigenvalue weighted by Crippen LogP contribution is 2.31. The number of nitrogens with zero attached hydrogens (tertiary/aromatic N) is 4. The van der Waals surface area contributed by atoms with Crippen LogP contribution in [0.3, 0.4) is 0 Å². The van der Waals surface area contributed by atoms with Gasteiger partial charge in [0.2, 0.25) is 0 Å². The summed E-state index contributed by atoms with van der Waals surface area (Å²) in [7, 11) is 0. The zero-order valence-electron chi connectivity index (χ0n) is 12.4. The van der Waals surface area contributed by atoms with E-state index in [9.17, 15) is 18.0 Å². The van der Waals surface area contributed by atoms with Gasteiger partial charge in [-0.05, 0) is 25.8 Å². The van der Waals surface area contributed by atoms with Gasteiger partial charge in [0, 0.05) is 36.3 Å². The number of hydrogen-bond acceptors (Lipinski definition) is 4. The minimum atomic E-state index is -4.80. The minimum Gasteiger partial charge on any atom is -0.335 e. The van der Waals surface area contributed by atoms with Gasteiger partial charge in [0.1, 0.15) is 0 Å². The van der Waals surface area contributed by atoms with Crippen LogP contribution in [-0.4, -0.2) is 44.8 Å². The Hall–Kier alpha value is -1.90. The number of thiazole rings is 1. The highest BCUT2D eigenvalue weighted by Gasteiger charge is 2.43. The minimum absolute atomic E-state index is 0.0665. The van der Waals surface area contributed by atoms with E-state index in [1.54, 1.807) is 10.9 Å². The van der Waals surface area contributed by atoms with E-state index >= 15 is 0 Å². The number of hydrogen-bond donors (Lipinski definition) is 0. The van der Waals surface area contributed by atoms with Crippen LogP contribution < -0.4 is 0 Å². The van der Waals surface area contributed by atoms with Crippen LogP contribution in [0.15, 0.2) is 17.6 Å². The van der Waals surface area contributed by atoms with Crippen LogP contribution >= 0.6 is 11.3 Å². The summed E-state index contributed by atoms with van der Waals surface area (Å²) in [6.07, 6.45) is -2.17. The maximum absolute atomic E-state index is 12.5. The average molecular weight is 344 g/mol. The molecule has 2 aromatic heterocycles. The van der Waals surface area contributed by atoms with Crippen molar-refractivity contribution in [3.63, 3.8) is 0 Å². The third kappa shape index (κ3) is 3.24. The summed E-state index contributed by atoms with van der Waals surface area (Å²) in [5, 5.41) is 7.09. The molecule has 1 aliphatic rings. The Morgan fingerprint density at radius 2 is 2.04 bits per heavy atom. The van der Waals surface area contributed by atoms with Gasteiger partial charge in [-0.1, -0.05) is 0 Å². The summed E-state index contributed by atoms with van der Waals surface area (Å²) in [6.45, 7) is 2.10. The van der Waals surface area contributed by atoms with E-state index in [1.165, 1.54) is 11.3 Å². The van der Waals surface area contributed by atoms with Crippen LogP contribution in [0.1, 0.15) is 29.5 Å². The van der Waals surface area contributed by atoms with E-state index < -0.39 is 12.1 Å². The number of halogens is 3. The summed E-state index contributed by atoms with van der Waals surface area (Å²) < 4.78 is 39.2. The number of carbonyl (C=O) groups is 1. The van der Waals surface area contributed by atoms with Crippen molar-refractivity contribution in [2.75, 3.05) is 13.1 Å². The van der Waals surface area contributed by atoms with E-state index in [1.807, 2.05) is 18.4 Å². The number of alkyl halides is 3. The van der Waals surface area contributed by atoms with Gasteiger partial charge in [-0.3, -0.25) is 4.79 Å². The van der Waals surface area contributed by atoms with Crippen LogP contribution in [0, 0.1) is 6.92 Å². The first kappa shape index (κ1) is 16.0. The smallest absolute Gasteiger partial charge is 0.335 e. The molecule has 1 amide bonds. The zero-order valence-corrected chi connectivity index (χ0v) is 13.2. The number of aromatic nitrogens is 3. The Kier molecular flexibility index (Phi) is 4.13. The highest BCUT2D eigenvalue weighted by atomic mass is 32.1. The lowest BCUT2D eigenvalue weighted by Gasteiger charge is -2.32. The van der Waals surface area contributed by atoms with Crippen molar-refractivity contribution < 1.29 is 18.0 Å². The second-order valence-corrected chi connectivity index (χ2v) is 6.52. The fraction of sp³-hybridized carbons (Fsp3) is 0.500. The molecule has 0 saturated carbocycles. The van der Waals surface area contributed by atoms with Crippen molar-refractivity contribution in [3.8, 4) is 5.82 Å². The van der Waals surface area contributed by atoms with Crippen LogP contribution in [0.5, 0.6) is 0 Å². The third-order valence-electron chi connectivity index (χ3n) is 3.94. The lowest BCUT2D eigenvalue weighted by molar-refractivity contribution is -0.186. The van der Waals surface area contributed by atoms with Crippen LogP contribution in [0.4, 0.5) is 13.2 Å². The Morgan fingerprint density at radius 3 is 2.61 bits per heavy atom. The van der Waals surface area contributed by atoms with Crippen molar-refractivity contribution in [1.82, 2.24) is 19.7 Å². The van der Waals surface area contributed by atoms with E-state index in [4.69, 9.17) is 0 Å². The van der Waals surface area contributed by atoms with Gasteiger partial charge in [-0.15, -0.1) is 11.3 Å². The third-order valence-corrected chi connectivity index (χ3v) is 4.70. The van der Waals surface area contributed by atoms with Gasteiger partial charge < -0.3 is 4.90 Å². The first-order valence-corrected chi connectivity index (χ1v) is 8.07. The molecule has 3 rings (SSSR count). The quantitative estimate of drug-likeness (QED) is 0.842. The van der Waals surface area contributed by atoms with E-state index in [-0.39, 0.29) is 19.0 Å². The van der Waals surface area contributed by atoms with E-state index in [0.717, 1.165) is 21.4 Å². The normalized spacial score (nSPS) is 16.8. The van der Waals surface area contributed by atoms with Crippen LogP contribution in [-0.2, 0) is 4.79 Å². The topological polar surface area (TPSA) is 51.0 Å². The Bertz CT molecular complexity index is 701. The summed E-state index contributed by atoms with van der Waals surface area (Å²) in [6, 6.07) is 1.86. The first-order chi connectivity index (χ1) is 10.9. The van der Waals surface area contributed by atoms with Crippen molar-refractivity contribution in [1.29, 1.82) is 0 Å². The first-order valence-electron chi connectivity index (χ1n) is 7.19. The van der Waals surface area contributed by atoms with Crippen molar-refractivity contribution in [3.05, 3.63) is 28.3 Å². The summed E-state index contributed by atoms with van der Waals surface area (Å²) >= 11 is 1.52. The maximum atomic E-state index is 12.5. The molecule has 0 bridgehead atoms. The molecule has 5 nitrogen and oxygen atoms in total. The molecule has 124 valence electrons. The number of piperidine rings is 1. The lowest BCUT2D eigenvalue weighted by atomic mass is 9.93. The van der Waals surface area contributed by atoms with Crippen LogP contribution in [0.2, 0.25) is 0 Å². The fourth-order valence-electron chi connectivity index (χ4n) is 2.82. The van der Waals surface area contributed by atoms with E-state index in [0.29, 0.717) is 12.8 Å². The Morgan fingerprint density at radius 1 is 1.35 bits per heavy atom. The molecule has 0 atom stereocenters. The van der Waals surface area contributed by atoms with Crippen LogP contribution in [0.25, 0.3) is 5.82 Å². The number of rotatable bonds is 2. The predicted molar refractivity (Wildman–Crippen MR) is 78.6 cm³/mol. The molecule has 0 radical (unpaired) electrons. The van der Waals surface area contributed by atoms with Crippen molar-refractivity contribution in [2.45, 2.75) is 31.9 Å². The molecule has 1 fully saturated rings. The second-order valence-electron chi connectivity index (χ2n) is 5.46. The summed E-state index contributed by atoms with van der Waals surface area (Å²) in [5.41, 5.74) is 0.925. The molecule has 9 heteroatoms. The Balaban J connectivity index is 1.72. The molecule has 0 N–H and O–H groups in total. The van der Waals surface area contributed by atoms with Gasteiger partial charge >= 0.3 is 12.1 Å². The molecule has 0 aliphatic carbocycles. The highest BCUT2D eigenvalue weighted by molar-refractivity contribution is 7.09. The summed E-state index contributed by atoms with van der Waals surface area (Å²) in [4.78, 5) is 16.5. The van der Waals surface area contributed by atoms with Gasteiger partial charge in [-0.2, -0.15) is 18.3 Å². The molecular weight excluding hydrogens is 329 g/mol. The summed E-state index contributed by atoms with van der Waals surface area (Å²) in [5.74, 6) is -0.960. The van der Waals surface area contributed by atoms with Gasteiger partial charge in [0.25, 0.3) is 0 Å². The lowest BCUT2D eigenvalue weighted by Crippen LogP contribution is -2.45. The molecule has 1 aliphatic heterocycles. The molecule has 0 unspecified atom stereocenters. The number of aryl methyl sites for hydroxylation is 1. The molecule has 3 heterocycles. The molecule has 0 spiro atoms. The van der Waals surface area contributed by atoms with Crippen molar-refractivity contribution in [2.24, 2.45) is 0 Å². The standard InChI is InChI=1S/C14H15F3N4OS/c1-9-19-12(8-23-9)21-11(2-5-18-21)10-3-6-20(7-4-10)13(22)14(15,16)17/h2,5,8,10H,3-4,6-7H2,1H3. The predicted octanol–water partition coefficient (Wildman–Crippen LogP) is 2.91. The second kappa shape index (κ2) is 5.95. The van der Waals surface area contributed by atoms with Gasteiger partial charge in [0.15, 0.2) is 5.82 Å². The number of amides is 1. The zero-order chi connectivity index (χ0) is 16.6. The van der Waals surface area contributed by atoms with Gasteiger partial charge in [-0.25, -0.2) is 9.67 Å². The molecule has 23 heavy (non-hydrogen) atoms. The average Bonchev–Trinajstić information content (AvgIpc) is 3.14. The molecular formula is C14H15F3N4OS. The largest absolute Gasteiger partial charge is 0.471 e. The number of carbonyl (C=O) groups excluding carboxylic acids is 1. The fourth-order valence-corrected chi connectivity index (χ4v) is 3.40. The van der Waals surface area contributed by atoms with Gasteiger partial charge in [0.05, 0.1) is 5.01 Å². The number of likely N-dealkylation sites (tertiary alicyclic amines) is 1. The Labute approximate surface area is 134 Å². The molecule has 2 aromatic rings. The van der Waals surface area contributed by atoms with E-state index in [2.05, 4.69) is 10.1 Å². The maximum Gasteiger partial charge on any atom is 0.471 e.